The average molecular weight is 268 g/mol. The van der Waals surface area contributed by atoms with Gasteiger partial charge in [-0.1, -0.05) is 64.7 Å². The van der Waals surface area contributed by atoms with E-state index in [9.17, 15) is 0 Å². The number of H-pyrrole nitrogens is 1. The van der Waals surface area contributed by atoms with Crippen molar-refractivity contribution in [1.29, 1.82) is 0 Å². The number of hydrogen-bond donors (Lipinski definition) is 1. The lowest BCUT2D eigenvalue weighted by Gasteiger charge is -2.02. The first-order valence-electron chi connectivity index (χ1n) is 7.71. The molecule has 3 heteroatoms. The normalized spacial score (nSPS) is 11.4. The highest BCUT2D eigenvalue weighted by molar-refractivity contribution is 7.20. The molecule has 18 heavy (non-hydrogen) atoms. The fourth-order valence-electron chi connectivity index (χ4n) is 2.32. The summed E-state index contributed by atoms with van der Waals surface area (Å²) in [7, 11) is 1.03. The molecule has 1 aromatic rings. The fraction of sp³-hybridized carbons (Fsp3) is 0.867. The standard InChI is InChI=1S/C15H29N2P/c1-3-4-5-6-7-8-9-10-11-12-13-15-14(2)16-18-17-15/h3-13H2,1-2H3,(H,16,17). The summed E-state index contributed by atoms with van der Waals surface area (Å²) in [5.41, 5.74) is 2.59. The summed E-state index contributed by atoms with van der Waals surface area (Å²) in [4.78, 5) is 0. The predicted molar refractivity (Wildman–Crippen MR) is 81.4 cm³/mol. The quantitative estimate of drug-likeness (QED) is 0.508. The van der Waals surface area contributed by atoms with Gasteiger partial charge in [-0.3, -0.25) is 0 Å². The van der Waals surface area contributed by atoms with Crippen molar-refractivity contribution in [2.24, 2.45) is 0 Å². The molecule has 0 aliphatic carbocycles. The molecule has 0 bridgehead atoms. The molecule has 0 unspecified atom stereocenters. The highest BCUT2D eigenvalue weighted by atomic mass is 31.1. The van der Waals surface area contributed by atoms with Crippen LogP contribution < -0.4 is 0 Å². The Bertz CT molecular complexity index is 296. The first kappa shape index (κ1) is 15.7. The van der Waals surface area contributed by atoms with E-state index in [0.717, 1.165) is 8.51 Å². The second kappa shape index (κ2) is 10.6. The van der Waals surface area contributed by atoms with Crippen LogP contribution in [0.5, 0.6) is 0 Å². The van der Waals surface area contributed by atoms with Gasteiger partial charge in [-0.05, 0) is 19.8 Å². The van der Waals surface area contributed by atoms with E-state index in [0.29, 0.717) is 0 Å². The topological polar surface area (TPSA) is 28.7 Å². The van der Waals surface area contributed by atoms with Crippen molar-refractivity contribution in [2.45, 2.75) is 84.5 Å². The lowest BCUT2D eigenvalue weighted by molar-refractivity contribution is 0.555. The monoisotopic (exact) mass is 268 g/mol. The van der Waals surface area contributed by atoms with E-state index < -0.39 is 0 Å². The average Bonchev–Trinajstić information content (AvgIpc) is 2.77. The Morgan fingerprint density at radius 1 is 0.889 bits per heavy atom. The molecule has 0 saturated carbocycles. The summed E-state index contributed by atoms with van der Waals surface area (Å²) in [5.74, 6) is 0. The van der Waals surface area contributed by atoms with Gasteiger partial charge in [0.05, 0.1) is 5.69 Å². The minimum absolute atomic E-state index is 1.03. The van der Waals surface area contributed by atoms with E-state index in [2.05, 4.69) is 23.3 Å². The molecule has 0 atom stereocenters. The summed E-state index contributed by atoms with van der Waals surface area (Å²) >= 11 is 0. The molecule has 1 heterocycles. The fourth-order valence-corrected chi connectivity index (χ4v) is 3.02. The van der Waals surface area contributed by atoms with E-state index in [-0.39, 0.29) is 0 Å². The largest absolute Gasteiger partial charge is 0.325 e. The van der Waals surface area contributed by atoms with Crippen LogP contribution in [0, 0.1) is 6.92 Å². The Labute approximate surface area is 114 Å². The summed E-state index contributed by atoms with van der Waals surface area (Å²) in [5, 5.41) is 0. The van der Waals surface area contributed by atoms with Crippen molar-refractivity contribution in [1.82, 2.24) is 9.49 Å². The van der Waals surface area contributed by atoms with Crippen LogP contribution >= 0.6 is 8.51 Å². The zero-order chi connectivity index (χ0) is 13.1. The Hall–Kier alpha value is -0.360. The molecule has 0 saturated heterocycles. The van der Waals surface area contributed by atoms with Gasteiger partial charge in [-0.25, -0.2) is 4.75 Å². The van der Waals surface area contributed by atoms with Crippen LogP contribution in [0.25, 0.3) is 0 Å². The van der Waals surface area contributed by atoms with Crippen molar-refractivity contribution in [2.75, 3.05) is 0 Å². The molecule has 2 nitrogen and oxygen atoms in total. The molecule has 0 aliphatic rings. The number of nitrogens with one attached hydrogen (secondary N) is 1. The van der Waals surface area contributed by atoms with Gasteiger partial charge in [0.2, 0.25) is 0 Å². The van der Waals surface area contributed by atoms with E-state index in [4.69, 9.17) is 0 Å². The van der Waals surface area contributed by atoms with Crippen LogP contribution in [0.3, 0.4) is 0 Å². The third-order valence-corrected chi connectivity index (χ3v) is 4.37. The second-order valence-electron chi connectivity index (χ2n) is 5.32. The summed E-state index contributed by atoms with van der Waals surface area (Å²) in [6.45, 7) is 4.41. The van der Waals surface area contributed by atoms with Gasteiger partial charge in [0, 0.05) is 5.69 Å². The maximum atomic E-state index is 4.43. The van der Waals surface area contributed by atoms with Crippen LogP contribution in [0.1, 0.15) is 82.5 Å². The van der Waals surface area contributed by atoms with Crippen LogP contribution in [0.2, 0.25) is 0 Å². The molecule has 0 radical (unpaired) electrons. The van der Waals surface area contributed by atoms with Gasteiger partial charge in [-0.15, -0.1) is 0 Å². The lowest BCUT2D eigenvalue weighted by atomic mass is 10.1. The number of nitrogens with zero attached hydrogens (tertiary/aromatic N) is 1. The third kappa shape index (κ3) is 7.16. The van der Waals surface area contributed by atoms with E-state index in [1.54, 1.807) is 0 Å². The minimum Gasteiger partial charge on any atom is -0.325 e. The van der Waals surface area contributed by atoms with Crippen LogP contribution in [-0.2, 0) is 6.42 Å². The highest BCUT2D eigenvalue weighted by Gasteiger charge is 2.00. The molecule has 0 fully saturated rings. The van der Waals surface area contributed by atoms with E-state index in [1.165, 1.54) is 82.0 Å². The molecule has 1 aromatic heterocycles. The number of aromatic amines is 1. The summed E-state index contributed by atoms with van der Waals surface area (Å²) in [6, 6.07) is 0. The maximum absolute atomic E-state index is 4.43. The Balaban J connectivity index is 1.83. The summed E-state index contributed by atoms with van der Waals surface area (Å²) < 4.78 is 7.67. The molecule has 0 aliphatic heterocycles. The van der Waals surface area contributed by atoms with Gasteiger partial charge in [0.15, 0.2) is 0 Å². The zero-order valence-corrected chi connectivity index (χ0v) is 13.1. The Morgan fingerprint density at radius 3 is 1.94 bits per heavy atom. The first-order chi connectivity index (χ1) is 8.84. The SMILES string of the molecule is CCCCCCCCCCCCc1np[nH]c1C. The van der Waals surface area contributed by atoms with Gasteiger partial charge in [0.25, 0.3) is 0 Å². The molecule has 0 amide bonds. The second-order valence-corrected chi connectivity index (χ2v) is 5.94. The lowest BCUT2D eigenvalue weighted by Crippen LogP contribution is -1.89. The summed E-state index contributed by atoms with van der Waals surface area (Å²) in [6.07, 6.45) is 15.2. The minimum atomic E-state index is 1.03. The van der Waals surface area contributed by atoms with E-state index in [1.807, 2.05) is 0 Å². The molecular weight excluding hydrogens is 239 g/mol. The smallest absolute Gasteiger partial charge is 0.129 e. The number of hydrogen-bond acceptors (Lipinski definition) is 1. The Kier molecular flexibility index (Phi) is 9.20. The maximum Gasteiger partial charge on any atom is 0.129 e. The predicted octanol–water partition coefficient (Wildman–Crippen LogP) is 5.76. The van der Waals surface area contributed by atoms with Gasteiger partial charge in [-0.2, -0.15) is 0 Å². The van der Waals surface area contributed by atoms with E-state index >= 15 is 0 Å². The van der Waals surface area contributed by atoms with Crippen molar-refractivity contribution >= 4 is 8.51 Å². The van der Waals surface area contributed by atoms with Gasteiger partial charge in [0.1, 0.15) is 8.51 Å². The van der Waals surface area contributed by atoms with Crippen LogP contribution in [-0.4, -0.2) is 9.49 Å². The van der Waals surface area contributed by atoms with Crippen molar-refractivity contribution in [3.8, 4) is 0 Å². The van der Waals surface area contributed by atoms with Gasteiger partial charge < -0.3 is 4.75 Å². The molecular formula is C15H29N2P. The highest BCUT2D eigenvalue weighted by Crippen LogP contribution is 2.14. The van der Waals surface area contributed by atoms with Crippen molar-refractivity contribution in [3.05, 3.63) is 11.4 Å². The number of aromatic nitrogens is 2. The molecule has 0 spiro atoms. The zero-order valence-electron chi connectivity index (χ0n) is 12.2. The third-order valence-electron chi connectivity index (χ3n) is 3.59. The van der Waals surface area contributed by atoms with Crippen LogP contribution in [0.4, 0.5) is 0 Å². The van der Waals surface area contributed by atoms with Crippen LogP contribution in [0.15, 0.2) is 0 Å². The number of unbranched alkanes of at least 4 members (excludes halogenated alkanes) is 9. The molecule has 104 valence electrons. The molecule has 0 aromatic carbocycles. The molecule has 1 rings (SSSR count). The Morgan fingerprint density at radius 2 is 1.44 bits per heavy atom. The van der Waals surface area contributed by atoms with Gasteiger partial charge >= 0.3 is 0 Å². The van der Waals surface area contributed by atoms with Crippen molar-refractivity contribution < 1.29 is 0 Å². The first-order valence-corrected chi connectivity index (χ1v) is 8.56. The van der Waals surface area contributed by atoms with Crippen molar-refractivity contribution in [3.63, 3.8) is 0 Å². The number of rotatable bonds is 11. The molecule has 1 N–H and O–H groups in total. The number of aryl methyl sites for hydroxylation is 2.